The summed E-state index contributed by atoms with van der Waals surface area (Å²) in [6, 6.07) is 2.00. The van der Waals surface area contributed by atoms with Crippen LogP contribution in [-0.2, 0) is 19.4 Å². The molecule has 0 bridgehead atoms. The minimum atomic E-state index is 0.563. The van der Waals surface area contributed by atoms with Crippen molar-refractivity contribution in [3.05, 3.63) is 17.7 Å². The average Bonchev–Trinajstić information content (AvgIpc) is 2.90. The number of nitrogens with zero attached hydrogens (tertiary/aromatic N) is 4. The molecule has 0 spiro atoms. The maximum atomic E-state index is 5.39. The second-order valence-corrected chi connectivity index (χ2v) is 6.46. The monoisotopic (exact) mass is 278 g/mol. The smallest absolute Gasteiger partial charge is 0.186 e. The highest BCUT2D eigenvalue weighted by molar-refractivity contribution is 7.99. The predicted molar refractivity (Wildman–Crippen MR) is 75.1 cm³/mol. The predicted octanol–water partition coefficient (Wildman–Crippen LogP) is 2.42. The van der Waals surface area contributed by atoms with Crippen molar-refractivity contribution in [2.45, 2.75) is 33.2 Å². The highest BCUT2D eigenvalue weighted by Crippen LogP contribution is 2.22. The Balaban J connectivity index is 1.89. The number of aromatic nitrogens is 4. The molecule has 3 heterocycles. The van der Waals surface area contributed by atoms with Gasteiger partial charge in [-0.25, -0.2) is 0 Å². The Bertz CT molecular complexity index is 561. The number of fused-ring (bicyclic) bond motifs is 1. The molecule has 102 valence electrons. The zero-order chi connectivity index (χ0) is 13.2. The Labute approximate surface area is 116 Å². The quantitative estimate of drug-likeness (QED) is 0.863. The summed E-state index contributed by atoms with van der Waals surface area (Å²) in [4.78, 5) is 0. The van der Waals surface area contributed by atoms with Gasteiger partial charge in [0, 0.05) is 37.0 Å². The number of rotatable bonds is 3. The van der Waals surface area contributed by atoms with Gasteiger partial charge in [0.1, 0.15) is 11.6 Å². The summed E-state index contributed by atoms with van der Waals surface area (Å²) >= 11 is 1.96. The average molecular weight is 278 g/mol. The van der Waals surface area contributed by atoms with Gasteiger partial charge in [-0.05, 0) is 5.92 Å². The molecule has 1 aliphatic heterocycles. The maximum absolute atomic E-state index is 5.39. The number of hydrogen-bond donors (Lipinski definition) is 0. The van der Waals surface area contributed by atoms with Crippen molar-refractivity contribution in [1.82, 2.24) is 19.9 Å². The van der Waals surface area contributed by atoms with Crippen LogP contribution in [0.5, 0.6) is 0 Å². The summed E-state index contributed by atoms with van der Waals surface area (Å²) in [7, 11) is 0. The van der Waals surface area contributed by atoms with Crippen molar-refractivity contribution in [3.63, 3.8) is 0 Å². The van der Waals surface area contributed by atoms with Gasteiger partial charge in [0.05, 0.1) is 0 Å². The lowest BCUT2D eigenvalue weighted by Gasteiger charge is -2.03. The van der Waals surface area contributed by atoms with Crippen molar-refractivity contribution in [2.24, 2.45) is 5.92 Å². The molecule has 0 unspecified atom stereocenters. The topological polar surface area (TPSA) is 56.7 Å². The molecule has 5 nitrogen and oxygen atoms in total. The molecule has 0 atom stereocenters. The second kappa shape index (κ2) is 5.36. The van der Waals surface area contributed by atoms with Crippen molar-refractivity contribution < 1.29 is 4.52 Å². The Morgan fingerprint density at radius 1 is 1.37 bits per heavy atom. The van der Waals surface area contributed by atoms with E-state index in [4.69, 9.17) is 4.52 Å². The van der Waals surface area contributed by atoms with Crippen LogP contribution in [0.4, 0.5) is 0 Å². The molecular formula is C13H18N4OS. The maximum Gasteiger partial charge on any atom is 0.186 e. The number of thioether (sulfide) groups is 1. The summed E-state index contributed by atoms with van der Waals surface area (Å²) in [6.07, 6.45) is 1.89. The van der Waals surface area contributed by atoms with Gasteiger partial charge < -0.3 is 9.09 Å². The number of aryl methyl sites for hydroxylation is 1. The fourth-order valence-corrected chi connectivity index (χ4v) is 3.13. The molecule has 0 aliphatic carbocycles. The van der Waals surface area contributed by atoms with Crippen LogP contribution in [0.15, 0.2) is 10.6 Å². The SMILES string of the molecule is CC(C)Cc1cc(-c2nnc3n2CCSCC3)no1. The van der Waals surface area contributed by atoms with E-state index >= 15 is 0 Å². The van der Waals surface area contributed by atoms with Gasteiger partial charge in [0.15, 0.2) is 11.5 Å². The molecule has 3 rings (SSSR count). The summed E-state index contributed by atoms with van der Waals surface area (Å²) in [6.45, 7) is 5.29. The lowest BCUT2D eigenvalue weighted by Crippen LogP contribution is -2.05. The van der Waals surface area contributed by atoms with Crippen LogP contribution in [-0.4, -0.2) is 31.4 Å². The summed E-state index contributed by atoms with van der Waals surface area (Å²) in [5.41, 5.74) is 0.807. The van der Waals surface area contributed by atoms with E-state index in [-0.39, 0.29) is 0 Å². The van der Waals surface area contributed by atoms with E-state index in [0.29, 0.717) is 5.92 Å². The lowest BCUT2D eigenvalue weighted by molar-refractivity contribution is 0.370. The Kier molecular flexibility index (Phi) is 3.59. The molecule has 19 heavy (non-hydrogen) atoms. The van der Waals surface area contributed by atoms with Gasteiger partial charge in [-0.2, -0.15) is 11.8 Å². The first-order valence-corrected chi connectivity index (χ1v) is 7.85. The Morgan fingerprint density at radius 3 is 3.11 bits per heavy atom. The third kappa shape index (κ3) is 2.68. The lowest BCUT2D eigenvalue weighted by atomic mass is 10.1. The molecule has 0 radical (unpaired) electrons. The summed E-state index contributed by atoms with van der Waals surface area (Å²) < 4.78 is 7.56. The standard InChI is InChI=1S/C13H18N4OS/c1-9(2)7-10-8-11(16-18-10)13-15-14-12-3-5-19-6-4-17(12)13/h8-9H,3-7H2,1-2H3. The highest BCUT2D eigenvalue weighted by atomic mass is 32.2. The van der Waals surface area contributed by atoms with Crippen LogP contribution < -0.4 is 0 Å². The van der Waals surface area contributed by atoms with Crippen molar-refractivity contribution in [1.29, 1.82) is 0 Å². The second-order valence-electron chi connectivity index (χ2n) is 5.23. The van der Waals surface area contributed by atoms with Crippen LogP contribution in [0.25, 0.3) is 11.5 Å². The van der Waals surface area contributed by atoms with Crippen LogP contribution in [0, 0.1) is 5.92 Å². The summed E-state index contributed by atoms with van der Waals surface area (Å²) in [5, 5.41) is 12.7. The Morgan fingerprint density at radius 2 is 2.26 bits per heavy atom. The zero-order valence-electron chi connectivity index (χ0n) is 11.3. The molecule has 0 aromatic carbocycles. The van der Waals surface area contributed by atoms with Crippen molar-refractivity contribution in [2.75, 3.05) is 11.5 Å². The summed E-state index contributed by atoms with van der Waals surface area (Å²) in [5.74, 6) is 5.62. The first-order valence-electron chi connectivity index (χ1n) is 6.70. The molecule has 0 fully saturated rings. The molecule has 0 saturated carbocycles. The largest absolute Gasteiger partial charge is 0.361 e. The van der Waals surface area contributed by atoms with Crippen LogP contribution >= 0.6 is 11.8 Å². The molecular weight excluding hydrogens is 260 g/mol. The fourth-order valence-electron chi connectivity index (χ4n) is 2.28. The van der Waals surface area contributed by atoms with Crippen LogP contribution in [0.1, 0.15) is 25.4 Å². The minimum Gasteiger partial charge on any atom is -0.361 e. The molecule has 0 amide bonds. The van der Waals surface area contributed by atoms with Crippen LogP contribution in [0.3, 0.4) is 0 Å². The Hall–Kier alpha value is -1.30. The van der Waals surface area contributed by atoms with Crippen LogP contribution in [0.2, 0.25) is 0 Å². The van der Waals surface area contributed by atoms with E-state index in [2.05, 4.69) is 33.8 Å². The van der Waals surface area contributed by atoms with E-state index in [0.717, 1.165) is 54.0 Å². The van der Waals surface area contributed by atoms with Gasteiger partial charge in [-0.1, -0.05) is 19.0 Å². The molecule has 0 saturated heterocycles. The van der Waals surface area contributed by atoms with Gasteiger partial charge in [-0.15, -0.1) is 10.2 Å². The van der Waals surface area contributed by atoms with E-state index in [9.17, 15) is 0 Å². The van der Waals surface area contributed by atoms with Gasteiger partial charge in [0.25, 0.3) is 0 Å². The molecule has 6 heteroatoms. The van der Waals surface area contributed by atoms with Crippen molar-refractivity contribution in [3.8, 4) is 11.5 Å². The first kappa shape index (κ1) is 12.7. The van der Waals surface area contributed by atoms with E-state index in [1.54, 1.807) is 0 Å². The van der Waals surface area contributed by atoms with Gasteiger partial charge in [-0.3, -0.25) is 0 Å². The first-order chi connectivity index (χ1) is 9.24. The fraction of sp³-hybridized carbons (Fsp3) is 0.615. The van der Waals surface area contributed by atoms with Crippen molar-refractivity contribution >= 4 is 11.8 Å². The molecule has 1 aliphatic rings. The number of hydrogen-bond acceptors (Lipinski definition) is 5. The van der Waals surface area contributed by atoms with Gasteiger partial charge >= 0.3 is 0 Å². The minimum absolute atomic E-state index is 0.563. The highest BCUT2D eigenvalue weighted by Gasteiger charge is 2.19. The zero-order valence-corrected chi connectivity index (χ0v) is 12.1. The third-order valence-corrected chi connectivity index (χ3v) is 4.12. The van der Waals surface area contributed by atoms with Gasteiger partial charge in [0.2, 0.25) is 0 Å². The molecule has 2 aromatic rings. The molecule has 0 N–H and O–H groups in total. The van der Waals surface area contributed by atoms with E-state index in [1.807, 2.05) is 17.8 Å². The van der Waals surface area contributed by atoms with E-state index in [1.165, 1.54) is 0 Å². The van der Waals surface area contributed by atoms with E-state index < -0.39 is 0 Å². The normalized spacial score (nSPS) is 15.5. The molecule has 2 aromatic heterocycles. The third-order valence-electron chi connectivity index (χ3n) is 3.15.